The summed E-state index contributed by atoms with van der Waals surface area (Å²) in [4.78, 5) is 21.6. The molecule has 0 atom stereocenters. The first-order valence-corrected chi connectivity index (χ1v) is 5.42. The van der Waals surface area contributed by atoms with Crippen molar-refractivity contribution in [2.24, 2.45) is 5.73 Å². The first-order valence-electron chi connectivity index (χ1n) is 5.42. The predicted molar refractivity (Wildman–Crippen MR) is 68.7 cm³/mol. The number of hydrogen-bond donors (Lipinski definition) is 1. The Balaban J connectivity index is 2.71. The summed E-state index contributed by atoms with van der Waals surface area (Å²) in [5.74, 6) is -0.201. The molecule has 1 amide bonds. The van der Waals surface area contributed by atoms with Gasteiger partial charge in [-0.05, 0) is 23.8 Å². The minimum absolute atomic E-state index is 0.435. The average Bonchev–Trinajstić information content (AvgIpc) is 2.42. The Morgan fingerprint density at radius 3 is 2.47 bits per heavy atom. The SMILES string of the molecule is COc1ccc(C=CC(=O)OCC(N)=O)cc1OC. The van der Waals surface area contributed by atoms with Gasteiger partial charge in [0.15, 0.2) is 18.1 Å². The van der Waals surface area contributed by atoms with Crippen molar-refractivity contribution in [3.63, 3.8) is 0 Å². The summed E-state index contributed by atoms with van der Waals surface area (Å²) >= 11 is 0. The van der Waals surface area contributed by atoms with Crippen molar-refractivity contribution in [1.82, 2.24) is 0 Å². The quantitative estimate of drug-likeness (QED) is 0.605. The van der Waals surface area contributed by atoms with Gasteiger partial charge in [0.25, 0.3) is 5.91 Å². The van der Waals surface area contributed by atoms with E-state index >= 15 is 0 Å². The molecule has 0 radical (unpaired) electrons. The zero-order valence-corrected chi connectivity index (χ0v) is 10.7. The molecular weight excluding hydrogens is 250 g/mol. The maximum Gasteiger partial charge on any atom is 0.331 e. The summed E-state index contributed by atoms with van der Waals surface area (Å²) in [7, 11) is 3.06. The topological polar surface area (TPSA) is 87.9 Å². The largest absolute Gasteiger partial charge is 0.493 e. The predicted octanol–water partition coefficient (Wildman–Crippen LogP) is 0.745. The van der Waals surface area contributed by atoms with Crippen molar-refractivity contribution in [3.8, 4) is 11.5 Å². The number of carbonyl (C=O) groups excluding carboxylic acids is 2. The first kappa shape index (κ1) is 14.6. The van der Waals surface area contributed by atoms with Gasteiger partial charge in [0.2, 0.25) is 0 Å². The van der Waals surface area contributed by atoms with E-state index in [4.69, 9.17) is 15.2 Å². The van der Waals surface area contributed by atoms with E-state index in [1.54, 1.807) is 18.2 Å². The van der Waals surface area contributed by atoms with Gasteiger partial charge in [-0.1, -0.05) is 6.07 Å². The van der Waals surface area contributed by atoms with E-state index in [2.05, 4.69) is 4.74 Å². The van der Waals surface area contributed by atoms with Crippen molar-refractivity contribution >= 4 is 18.0 Å². The van der Waals surface area contributed by atoms with Crippen LogP contribution in [0.4, 0.5) is 0 Å². The molecule has 0 aliphatic carbocycles. The summed E-state index contributed by atoms with van der Waals surface area (Å²) < 4.78 is 14.8. The molecule has 0 spiro atoms. The van der Waals surface area contributed by atoms with Gasteiger partial charge >= 0.3 is 5.97 Å². The van der Waals surface area contributed by atoms with E-state index in [9.17, 15) is 9.59 Å². The highest BCUT2D eigenvalue weighted by Gasteiger charge is 2.04. The number of primary amides is 1. The van der Waals surface area contributed by atoms with E-state index < -0.39 is 18.5 Å². The molecule has 0 fully saturated rings. The summed E-state index contributed by atoms with van der Waals surface area (Å²) in [6.07, 6.45) is 2.73. The molecule has 0 saturated carbocycles. The molecule has 0 aromatic heterocycles. The van der Waals surface area contributed by atoms with E-state index in [0.717, 1.165) is 5.56 Å². The second kappa shape index (κ2) is 7.05. The fourth-order valence-corrected chi connectivity index (χ4v) is 1.31. The van der Waals surface area contributed by atoms with Crippen LogP contribution >= 0.6 is 0 Å². The number of ether oxygens (including phenoxy) is 3. The molecule has 6 nitrogen and oxygen atoms in total. The molecule has 0 unspecified atom stereocenters. The molecule has 6 heteroatoms. The molecule has 19 heavy (non-hydrogen) atoms. The third-order valence-corrected chi connectivity index (χ3v) is 2.18. The van der Waals surface area contributed by atoms with Crippen molar-refractivity contribution in [2.45, 2.75) is 0 Å². The molecule has 0 aliphatic heterocycles. The standard InChI is InChI=1S/C13H15NO5/c1-17-10-5-3-9(7-11(10)18-2)4-6-13(16)19-8-12(14)15/h3-7H,8H2,1-2H3,(H2,14,15). The van der Waals surface area contributed by atoms with Crippen LogP contribution in [-0.4, -0.2) is 32.7 Å². The van der Waals surface area contributed by atoms with Gasteiger partial charge < -0.3 is 19.9 Å². The molecule has 2 N–H and O–H groups in total. The maximum atomic E-state index is 11.2. The third-order valence-electron chi connectivity index (χ3n) is 2.18. The van der Waals surface area contributed by atoms with Gasteiger partial charge in [-0.3, -0.25) is 4.79 Å². The zero-order chi connectivity index (χ0) is 14.3. The second-order valence-electron chi connectivity index (χ2n) is 3.52. The molecular formula is C13H15NO5. The molecule has 0 saturated heterocycles. The molecule has 1 rings (SSSR count). The Bertz CT molecular complexity index is 496. The van der Waals surface area contributed by atoms with Crippen LogP contribution in [0.2, 0.25) is 0 Å². The Morgan fingerprint density at radius 1 is 1.21 bits per heavy atom. The van der Waals surface area contributed by atoms with Gasteiger partial charge in [0, 0.05) is 6.08 Å². The Morgan fingerprint density at radius 2 is 1.89 bits per heavy atom. The number of hydrogen-bond acceptors (Lipinski definition) is 5. The highest BCUT2D eigenvalue weighted by molar-refractivity contribution is 5.89. The van der Waals surface area contributed by atoms with Crippen molar-refractivity contribution in [1.29, 1.82) is 0 Å². The minimum atomic E-state index is -0.701. The van der Waals surface area contributed by atoms with Crippen LogP contribution < -0.4 is 15.2 Å². The van der Waals surface area contributed by atoms with Crippen LogP contribution in [0.1, 0.15) is 5.56 Å². The number of methoxy groups -OCH3 is 2. The zero-order valence-electron chi connectivity index (χ0n) is 10.7. The molecule has 0 heterocycles. The Kier molecular flexibility index (Phi) is 5.40. The van der Waals surface area contributed by atoms with E-state index in [1.165, 1.54) is 26.4 Å². The van der Waals surface area contributed by atoms with Gasteiger partial charge in [-0.2, -0.15) is 0 Å². The smallest absolute Gasteiger partial charge is 0.331 e. The molecule has 102 valence electrons. The van der Waals surface area contributed by atoms with Gasteiger partial charge in [0.05, 0.1) is 14.2 Å². The highest BCUT2D eigenvalue weighted by Crippen LogP contribution is 2.27. The van der Waals surface area contributed by atoms with E-state index in [0.29, 0.717) is 11.5 Å². The number of nitrogens with two attached hydrogens (primary N) is 1. The summed E-state index contributed by atoms with van der Waals surface area (Å²) in [5.41, 5.74) is 5.58. The van der Waals surface area contributed by atoms with Crippen LogP contribution in [0.15, 0.2) is 24.3 Å². The fraction of sp³-hybridized carbons (Fsp3) is 0.231. The van der Waals surface area contributed by atoms with Crippen LogP contribution in [0.3, 0.4) is 0 Å². The number of carbonyl (C=O) groups is 2. The summed E-state index contributed by atoms with van der Waals surface area (Å²) in [6, 6.07) is 5.17. The maximum absolute atomic E-state index is 11.2. The van der Waals surface area contributed by atoms with Gasteiger partial charge in [-0.25, -0.2) is 4.79 Å². The monoisotopic (exact) mass is 265 g/mol. The average molecular weight is 265 g/mol. The van der Waals surface area contributed by atoms with Crippen molar-refractivity contribution < 1.29 is 23.8 Å². The fourth-order valence-electron chi connectivity index (χ4n) is 1.31. The van der Waals surface area contributed by atoms with Gasteiger partial charge in [0.1, 0.15) is 0 Å². The Labute approximate surface area is 110 Å². The van der Waals surface area contributed by atoms with E-state index in [1.807, 2.05) is 0 Å². The van der Waals surface area contributed by atoms with Gasteiger partial charge in [-0.15, -0.1) is 0 Å². The summed E-state index contributed by atoms with van der Waals surface area (Å²) in [6.45, 7) is -0.435. The Hall–Kier alpha value is -2.50. The van der Waals surface area contributed by atoms with Crippen molar-refractivity contribution in [2.75, 3.05) is 20.8 Å². The number of esters is 1. The molecule has 0 bridgehead atoms. The lowest BCUT2D eigenvalue weighted by atomic mass is 10.2. The van der Waals surface area contributed by atoms with Crippen LogP contribution in [0.25, 0.3) is 6.08 Å². The van der Waals surface area contributed by atoms with E-state index in [-0.39, 0.29) is 0 Å². The van der Waals surface area contributed by atoms with Crippen LogP contribution in [-0.2, 0) is 14.3 Å². The second-order valence-corrected chi connectivity index (χ2v) is 3.52. The minimum Gasteiger partial charge on any atom is -0.493 e. The number of amides is 1. The lowest BCUT2D eigenvalue weighted by Crippen LogP contribution is -2.19. The van der Waals surface area contributed by atoms with Crippen LogP contribution in [0.5, 0.6) is 11.5 Å². The number of rotatable bonds is 6. The van der Waals surface area contributed by atoms with Crippen LogP contribution in [0, 0.1) is 0 Å². The summed E-state index contributed by atoms with van der Waals surface area (Å²) in [5, 5.41) is 0. The normalized spacial score (nSPS) is 10.2. The number of benzene rings is 1. The molecule has 0 aliphatic rings. The van der Waals surface area contributed by atoms with Crippen molar-refractivity contribution in [3.05, 3.63) is 29.8 Å². The molecule has 1 aromatic rings. The highest BCUT2D eigenvalue weighted by atomic mass is 16.5. The lowest BCUT2D eigenvalue weighted by molar-refractivity contribution is -0.142. The molecule has 1 aromatic carbocycles. The first-order chi connectivity index (χ1) is 9.06. The lowest BCUT2D eigenvalue weighted by Gasteiger charge is -2.07. The third kappa shape index (κ3) is 4.71.